The maximum Gasteiger partial charge on any atom is 0.262 e. The van der Waals surface area contributed by atoms with Gasteiger partial charge in [0.25, 0.3) is 11.5 Å². The Balaban J connectivity index is 1.59. The van der Waals surface area contributed by atoms with E-state index in [-0.39, 0.29) is 23.0 Å². The molecule has 0 spiro atoms. The molecule has 0 aliphatic heterocycles. The topological polar surface area (TPSA) is 130 Å². The van der Waals surface area contributed by atoms with Crippen LogP contribution >= 0.6 is 0 Å². The molecule has 0 fully saturated rings. The molecule has 3 aromatic rings. The summed E-state index contributed by atoms with van der Waals surface area (Å²) in [5.74, 6) is 0.568. The first-order valence-electron chi connectivity index (χ1n) is 10.3. The Morgan fingerprint density at radius 3 is 2.52 bits per heavy atom. The number of aryl methyl sites for hydroxylation is 1. The number of carbonyl (C=O) groups excluding carboxylic acids is 1. The van der Waals surface area contributed by atoms with Crippen molar-refractivity contribution in [3.8, 4) is 17.1 Å². The molecule has 33 heavy (non-hydrogen) atoms. The third kappa shape index (κ3) is 6.99. The summed E-state index contributed by atoms with van der Waals surface area (Å²) >= 11 is 0. The molecule has 0 atom stereocenters. The largest absolute Gasteiger partial charge is 0.484 e. The van der Waals surface area contributed by atoms with Crippen LogP contribution in [0.1, 0.15) is 19.5 Å². The lowest BCUT2D eigenvalue weighted by atomic mass is 10.2. The maximum atomic E-state index is 12.3. The van der Waals surface area contributed by atoms with Crippen molar-refractivity contribution in [1.29, 1.82) is 0 Å². The second-order valence-corrected chi connectivity index (χ2v) is 9.64. The molecule has 2 aromatic carbocycles. The van der Waals surface area contributed by atoms with Crippen molar-refractivity contribution in [2.75, 3.05) is 18.5 Å². The summed E-state index contributed by atoms with van der Waals surface area (Å²) in [5, 5.41) is 2.72. The quantitative estimate of drug-likeness (QED) is 0.441. The minimum atomic E-state index is -3.59. The van der Waals surface area contributed by atoms with Crippen molar-refractivity contribution in [2.24, 2.45) is 5.92 Å². The van der Waals surface area contributed by atoms with Crippen LogP contribution in [-0.2, 0) is 14.8 Å². The number of ether oxygens (including phenoxy) is 1. The fourth-order valence-electron chi connectivity index (χ4n) is 2.88. The first kappa shape index (κ1) is 24.1. The molecular weight excluding hydrogens is 444 g/mol. The van der Waals surface area contributed by atoms with Gasteiger partial charge in [-0.25, -0.2) is 18.1 Å². The summed E-state index contributed by atoms with van der Waals surface area (Å²) in [6.07, 6.45) is 0. The highest BCUT2D eigenvalue weighted by molar-refractivity contribution is 7.89. The minimum absolute atomic E-state index is 0.125. The number of aromatic nitrogens is 2. The van der Waals surface area contributed by atoms with Crippen molar-refractivity contribution >= 4 is 21.6 Å². The van der Waals surface area contributed by atoms with E-state index in [1.165, 1.54) is 30.3 Å². The Bertz CT molecular complexity index is 1280. The van der Waals surface area contributed by atoms with Crippen LogP contribution in [0.15, 0.2) is 64.3 Å². The fourth-order valence-corrected chi connectivity index (χ4v) is 4.09. The van der Waals surface area contributed by atoms with Gasteiger partial charge in [0.05, 0.1) is 4.90 Å². The molecule has 0 radical (unpaired) electrons. The predicted octanol–water partition coefficient (Wildman–Crippen LogP) is 2.70. The van der Waals surface area contributed by atoms with Gasteiger partial charge in [-0.05, 0) is 49.2 Å². The lowest BCUT2D eigenvalue weighted by molar-refractivity contribution is -0.118. The predicted molar refractivity (Wildman–Crippen MR) is 126 cm³/mol. The van der Waals surface area contributed by atoms with Gasteiger partial charge < -0.3 is 15.0 Å². The minimum Gasteiger partial charge on any atom is -0.484 e. The maximum absolute atomic E-state index is 12.3. The number of hydrogen-bond donors (Lipinski definition) is 3. The standard InChI is InChI=1S/C23H26N4O5S/c1-15(2)13-24-33(30,31)20-9-7-19(8-10-20)32-14-22(29)26-18-6-4-5-17(12-18)23-25-16(3)11-21(28)27-23/h4-12,15,24H,13-14H2,1-3H3,(H,26,29)(H,25,27,28). The van der Waals surface area contributed by atoms with Crippen LogP contribution in [0.3, 0.4) is 0 Å². The Morgan fingerprint density at radius 1 is 1.12 bits per heavy atom. The first-order valence-corrected chi connectivity index (χ1v) is 11.8. The van der Waals surface area contributed by atoms with Crippen molar-refractivity contribution in [1.82, 2.24) is 14.7 Å². The molecule has 0 aliphatic rings. The zero-order chi connectivity index (χ0) is 24.0. The van der Waals surface area contributed by atoms with Gasteiger partial charge in [0, 0.05) is 29.6 Å². The molecule has 174 valence electrons. The van der Waals surface area contributed by atoms with Crippen molar-refractivity contribution in [3.63, 3.8) is 0 Å². The fraction of sp³-hybridized carbons (Fsp3) is 0.261. The number of hydrogen-bond acceptors (Lipinski definition) is 6. The van der Waals surface area contributed by atoms with E-state index >= 15 is 0 Å². The molecule has 0 aliphatic carbocycles. The van der Waals surface area contributed by atoms with Gasteiger partial charge in [-0.1, -0.05) is 26.0 Å². The summed E-state index contributed by atoms with van der Waals surface area (Å²) in [6.45, 7) is 5.65. The number of sulfonamides is 1. The number of rotatable bonds is 9. The third-order valence-electron chi connectivity index (χ3n) is 4.48. The molecule has 1 heterocycles. The van der Waals surface area contributed by atoms with E-state index in [2.05, 4.69) is 20.0 Å². The van der Waals surface area contributed by atoms with E-state index in [1.807, 2.05) is 13.8 Å². The SMILES string of the molecule is Cc1cc(=O)[nH]c(-c2cccc(NC(=O)COc3ccc(S(=O)(=O)NCC(C)C)cc3)c2)n1. The zero-order valence-corrected chi connectivity index (χ0v) is 19.4. The summed E-state index contributed by atoms with van der Waals surface area (Å²) in [5.41, 5.74) is 1.50. The van der Waals surface area contributed by atoms with Crippen LogP contribution in [0.25, 0.3) is 11.4 Å². The molecular formula is C23H26N4O5S. The summed E-state index contributed by atoms with van der Waals surface area (Å²) in [4.78, 5) is 31.1. The number of anilines is 1. The molecule has 0 saturated heterocycles. The molecule has 0 saturated carbocycles. The number of nitrogens with zero attached hydrogens (tertiary/aromatic N) is 1. The van der Waals surface area contributed by atoms with Gasteiger partial charge >= 0.3 is 0 Å². The van der Waals surface area contributed by atoms with E-state index in [0.29, 0.717) is 35.1 Å². The highest BCUT2D eigenvalue weighted by Crippen LogP contribution is 2.19. The van der Waals surface area contributed by atoms with E-state index in [1.54, 1.807) is 31.2 Å². The average molecular weight is 471 g/mol. The van der Waals surface area contributed by atoms with Gasteiger partial charge in [0.2, 0.25) is 10.0 Å². The van der Waals surface area contributed by atoms with Gasteiger partial charge in [0.1, 0.15) is 11.6 Å². The molecule has 1 amide bonds. The van der Waals surface area contributed by atoms with E-state index in [0.717, 1.165) is 0 Å². The lowest BCUT2D eigenvalue weighted by Crippen LogP contribution is -2.27. The average Bonchev–Trinajstić information content (AvgIpc) is 2.76. The monoisotopic (exact) mass is 470 g/mol. The Morgan fingerprint density at radius 2 is 1.85 bits per heavy atom. The molecule has 0 bridgehead atoms. The van der Waals surface area contributed by atoms with Gasteiger partial charge in [-0.15, -0.1) is 0 Å². The van der Waals surface area contributed by atoms with E-state index in [4.69, 9.17) is 4.74 Å². The van der Waals surface area contributed by atoms with Crippen LogP contribution in [-0.4, -0.2) is 37.4 Å². The van der Waals surface area contributed by atoms with E-state index < -0.39 is 15.9 Å². The van der Waals surface area contributed by atoms with Crippen molar-refractivity contribution in [3.05, 3.63) is 70.6 Å². The number of benzene rings is 2. The van der Waals surface area contributed by atoms with Crippen LogP contribution in [0.4, 0.5) is 5.69 Å². The molecule has 9 nitrogen and oxygen atoms in total. The number of carbonyl (C=O) groups is 1. The van der Waals surface area contributed by atoms with Crippen molar-refractivity contribution < 1.29 is 17.9 Å². The van der Waals surface area contributed by atoms with Crippen LogP contribution in [0.5, 0.6) is 5.75 Å². The second-order valence-electron chi connectivity index (χ2n) is 7.87. The van der Waals surface area contributed by atoms with Gasteiger partial charge in [0.15, 0.2) is 6.61 Å². The third-order valence-corrected chi connectivity index (χ3v) is 5.91. The van der Waals surface area contributed by atoms with Gasteiger partial charge in [-0.3, -0.25) is 9.59 Å². The molecule has 3 N–H and O–H groups in total. The molecule has 0 unspecified atom stereocenters. The Kier molecular flexibility index (Phi) is 7.62. The summed E-state index contributed by atoms with van der Waals surface area (Å²) in [7, 11) is -3.59. The number of aromatic amines is 1. The number of amides is 1. The van der Waals surface area contributed by atoms with Crippen LogP contribution in [0.2, 0.25) is 0 Å². The Labute approximate surface area is 192 Å². The number of H-pyrrole nitrogens is 1. The zero-order valence-electron chi connectivity index (χ0n) is 18.6. The highest BCUT2D eigenvalue weighted by Gasteiger charge is 2.14. The smallest absolute Gasteiger partial charge is 0.262 e. The van der Waals surface area contributed by atoms with Crippen LogP contribution in [0, 0.1) is 12.8 Å². The molecule has 10 heteroatoms. The first-order chi connectivity index (χ1) is 15.6. The van der Waals surface area contributed by atoms with Crippen LogP contribution < -0.4 is 20.3 Å². The summed E-state index contributed by atoms with van der Waals surface area (Å²) < 4.78 is 32.5. The van der Waals surface area contributed by atoms with E-state index in [9.17, 15) is 18.0 Å². The molecule has 1 aromatic heterocycles. The highest BCUT2D eigenvalue weighted by atomic mass is 32.2. The second kappa shape index (κ2) is 10.4. The Hall–Kier alpha value is -3.50. The lowest BCUT2D eigenvalue weighted by Gasteiger charge is -2.11. The van der Waals surface area contributed by atoms with Gasteiger partial charge in [-0.2, -0.15) is 0 Å². The molecule has 3 rings (SSSR count). The normalized spacial score (nSPS) is 11.4. The van der Waals surface area contributed by atoms with Crippen molar-refractivity contribution in [2.45, 2.75) is 25.7 Å². The summed E-state index contributed by atoms with van der Waals surface area (Å²) in [6, 6.07) is 14.2. The number of nitrogens with one attached hydrogen (secondary N) is 3.